The first-order valence-corrected chi connectivity index (χ1v) is 8.83. The first-order chi connectivity index (χ1) is 14.2. The topological polar surface area (TPSA) is 157 Å². The smallest absolute Gasteiger partial charge is 0.407 e. The van der Waals surface area contributed by atoms with Gasteiger partial charge in [-0.3, -0.25) is 14.4 Å². The van der Waals surface area contributed by atoms with Gasteiger partial charge in [0.15, 0.2) is 5.92 Å². The van der Waals surface area contributed by atoms with Crippen LogP contribution in [-0.4, -0.2) is 61.8 Å². The molecule has 1 aromatic carbocycles. The van der Waals surface area contributed by atoms with E-state index in [0.717, 1.165) is 19.8 Å². The number of hydrogen-bond acceptors (Lipinski definition) is 8. The van der Waals surface area contributed by atoms with Gasteiger partial charge in [-0.05, 0) is 5.56 Å². The molecule has 0 unspecified atom stereocenters. The number of amides is 2. The fraction of sp³-hybridized carbons (Fsp3) is 0.421. The molecular weight excluding hydrogens is 400 g/mol. The van der Waals surface area contributed by atoms with Crippen LogP contribution in [0.15, 0.2) is 30.3 Å². The van der Waals surface area contributed by atoms with Crippen LogP contribution in [0.3, 0.4) is 0 Å². The largest absolute Gasteiger partial charge is 0.480 e. The Labute approximate surface area is 172 Å². The molecule has 1 aromatic rings. The summed E-state index contributed by atoms with van der Waals surface area (Å²) in [7, 11) is 2.06. The van der Waals surface area contributed by atoms with Crippen molar-refractivity contribution in [2.45, 2.75) is 19.6 Å². The number of carbonyl (C=O) groups is 5. The molecule has 0 spiro atoms. The lowest BCUT2D eigenvalue weighted by atomic mass is 9.87. The maximum Gasteiger partial charge on any atom is 0.407 e. The molecule has 0 bridgehead atoms. The maximum absolute atomic E-state index is 12.1. The molecular formula is C19H24N2O9. The molecule has 2 atom stereocenters. The first kappa shape index (κ1) is 24.4. The van der Waals surface area contributed by atoms with Gasteiger partial charge in [-0.1, -0.05) is 37.3 Å². The van der Waals surface area contributed by atoms with E-state index in [1.54, 1.807) is 30.3 Å². The van der Waals surface area contributed by atoms with Crippen LogP contribution < -0.4 is 10.6 Å². The second kappa shape index (κ2) is 12.0. The summed E-state index contributed by atoms with van der Waals surface area (Å²) in [6, 6.07) is 7.22. The molecule has 3 N–H and O–H groups in total. The highest BCUT2D eigenvalue weighted by atomic mass is 16.6. The van der Waals surface area contributed by atoms with Crippen molar-refractivity contribution in [2.24, 2.45) is 11.8 Å². The van der Waals surface area contributed by atoms with E-state index in [9.17, 15) is 29.1 Å². The molecule has 11 heteroatoms. The molecule has 0 aliphatic rings. The highest BCUT2D eigenvalue weighted by Gasteiger charge is 2.42. The van der Waals surface area contributed by atoms with E-state index < -0.39 is 54.3 Å². The lowest BCUT2D eigenvalue weighted by molar-refractivity contribution is -0.163. The second-order valence-electron chi connectivity index (χ2n) is 6.18. The number of rotatable bonds is 10. The third-order valence-corrected chi connectivity index (χ3v) is 4.15. The Bertz CT molecular complexity index is 751. The van der Waals surface area contributed by atoms with E-state index in [1.165, 1.54) is 6.92 Å². The average Bonchev–Trinajstić information content (AvgIpc) is 2.74. The normalized spacial score (nSPS) is 12.3. The van der Waals surface area contributed by atoms with Gasteiger partial charge >= 0.3 is 24.0 Å². The number of carboxylic acid groups (broad SMARTS) is 1. The SMILES string of the molecule is COC(=O)C(C(=O)OC)[C@@H](C)[C@H](NC(=O)CNC(=O)OCc1ccccc1)C(=O)O. The molecule has 30 heavy (non-hydrogen) atoms. The van der Waals surface area contributed by atoms with E-state index in [-0.39, 0.29) is 6.61 Å². The van der Waals surface area contributed by atoms with E-state index in [4.69, 9.17) is 4.74 Å². The van der Waals surface area contributed by atoms with Crippen LogP contribution in [0.5, 0.6) is 0 Å². The predicted octanol–water partition coefficient (Wildman–Crippen LogP) is 0.0805. The van der Waals surface area contributed by atoms with Gasteiger partial charge < -0.3 is 30.0 Å². The van der Waals surface area contributed by atoms with Crippen LogP contribution in [0.25, 0.3) is 0 Å². The molecule has 0 aromatic heterocycles. The number of methoxy groups -OCH3 is 2. The lowest BCUT2D eigenvalue weighted by Crippen LogP contribution is -2.52. The molecule has 11 nitrogen and oxygen atoms in total. The minimum absolute atomic E-state index is 0.0109. The number of nitrogens with one attached hydrogen (secondary N) is 2. The highest BCUT2D eigenvalue weighted by Crippen LogP contribution is 2.19. The van der Waals surface area contributed by atoms with Gasteiger partial charge in [-0.15, -0.1) is 0 Å². The molecule has 2 amide bonds. The van der Waals surface area contributed by atoms with Crippen molar-refractivity contribution in [3.63, 3.8) is 0 Å². The van der Waals surface area contributed by atoms with Crippen molar-refractivity contribution in [3.8, 4) is 0 Å². The van der Waals surface area contributed by atoms with Gasteiger partial charge in [-0.2, -0.15) is 0 Å². The summed E-state index contributed by atoms with van der Waals surface area (Å²) >= 11 is 0. The van der Waals surface area contributed by atoms with E-state index >= 15 is 0 Å². The lowest BCUT2D eigenvalue weighted by Gasteiger charge is -2.26. The Hall–Kier alpha value is -3.63. The number of alkyl carbamates (subject to hydrolysis) is 1. The molecule has 0 fully saturated rings. The van der Waals surface area contributed by atoms with Crippen LogP contribution in [0, 0.1) is 11.8 Å². The molecule has 0 saturated heterocycles. The Morgan fingerprint density at radius 3 is 2.07 bits per heavy atom. The molecule has 0 aliphatic carbocycles. The zero-order valence-corrected chi connectivity index (χ0v) is 16.7. The van der Waals surface area contributed by atoms with Gasteiger partial charge in [0.2, 0.25) is 5.91 Å². The van der Waals surface area contributed by atoms with Gasteiger partial charge in [0, 0.05) is 5.92 Å². The number of ether oxygens (including phenoxy) is 3. The number of aliphatic carboxylic acids is 1. The maximum atomic E-state index is 12.1. The van der Waals surface area contributed by atoms with Crippen molar-refractivity contribution in [1.82, 2.24) is 10.6 Å². The number of benzene rings is 1. The Balaban J connectivity index is 2.65. The van der Waals surface area contributed by atoms with Crippen LogP contribution in [0.1, 0.15) is 12.5 Å². The summed E-state index contributed by atoms with van der Waals surface area (Å²) in [5, 5.41) is 13.8. The van der Waals surface area contributed by atoms with Gasteiger partial charge in [0.1, 0.15) is 19.2 Å². The fourth-order valence-electron chi connectivity index (χ4n) is 2.54. The zero-order valence-electron chi connectivity index (χ0n) is 16.7. The third-order valence-electron chi connectivity index (χ3n) is 4.15. The summed E-state index contributed by atoms with van der Waals surface area (Å²) < 4.78 is 14.0. The molecule has 1 rings (SSSR count). The summed E-state index contributed by atoms with van der Waals surface area (Å²) in [6.07, 6.45) is -0.879. The first-order valence-electron chi connectivity index (χ1n) is 8.83. The zero-order chi connectivity index (χ0) is 22.7. The van der Waals surface area contributed by atoms with Crippen molar-refractivity contribution < 1.29 is 43.3 Å². The van der Waals surface area contributed by atoms with Crippen molar-refractivity contribution in [2.75, 3.05) is 20.8 Å². The molecule has 0 saturated carbocycles. The summed E-state index contributed by atoms with van der Waals surface area (Å²) in [5.41, 5.74) is 0.744. The van der Waals surface area contributed by atoms with Crippen LogP contribution in [-0.2, 0) is 40.0 Å². The number of carbonyl (C=O) groups excluding carboxylic acids is 4. The van der Waals surface area contributed by atoms with Crippen LogP contribution in [0.4, 0.5) is 4.79 Å². The molecule has 0 aliphatic heterocycles. The molecule has 164 valence electrons. The minimum Gasteiger partial charge on any atom is -0.480 e. The fourth-order valence-corrected chi connectivity index (χ4v) is 2.54. The third kappa shape index (κ3) is 7.41. The molecule has 0 radical (unpaired) electrons. The predicted molar refractivity (Wildman–Crippen MR) is 101 cm³/mol. The monoisotopic (exact) mass is 424 g/mol. The second-order valence-corrected chi connectivity index (χ2v) is 6.18. The number of esters is 2. The van der Waals surface area contributed by atoms with E-state index in [0.29, 0.717) is 0 Å². The van der Waals surface area contributed by atoms with Crippen molar-refractivity contribution in [3.05, 3.63) is 35.9 Å². The Morgan fingerprint density at radius 1 is 1.00 bits per heavy atom. The van der Waals surface area contributed by atoms with Gasteiger partial charge in [-0.25, -0.2) is 9.59 Å². The van der Waals surface area contributed by atoms with Crippen LogP contribution >= 0.6 is 0 Å². The quantitative estimate of drug-likeness (QED) is 0.269. The minimum atomic E-state index is -1.62. The highest BCUT2D eigenvalue weighted by molar-refractivity contribution is 5.96. The summed E-state index contributed by atoms with van der Waals surface area (Å²) in [6.45, 7) is 0.688. The average molecular weight is 424 g/mol. The molecule has 0 heterocycles. The van der Waals surface area contributed by atoms with Crippen molar-refractivity contribution in [1.29, 1.82) is 0 Å². The summed E-state index contributed by atoms with van der Waals surface area (Å²) in [5.74, 6) is -7.11. The Morgan fingerprint density at radius 2 is 1.57 bits per heavy atom. The van der Waals surface area contributed by atoms with Gasteiger partial charge in [0.05, 0.1) is 14.2 Å². The van der Waals surface area contributed by atoms with E-state index in [1.807, 2.05) is 0 Å². The van der Waals surface area contributed by atoms with E-state index in [2.05, 4.69) is 20.1 Å². The van der Waals surface area contributed by atoms with Crippen LogP contribution in [0.2, 0.25) is 0 Å². The summed E-state index contributed by atoms with van der Waals surface area (Å²) in [4.78, 5) is 59.1. The number of carboxylic acids is 1. The van der Waals surface area contributed by atoms with Crippen molar-refractivity contribution >= 4 is 29.9 Å². The number of hydrogen-bond donors (Lipinski definition) is 3. The standard InChI is InChI=1S/C19H24N2O9/c1-11(14(17(25)28-2)18(26)29-3)15(16(23)24)21-13(22)9-20-19(27)30-10-12-7-5-4-6-8-12/h4-8,11,14-15H,9-10H2,1-3H3,(H,20,27)(H,21,22)(H,23,24)/t11-,15+/m1/s1. The van der Waals surface area contributed by atoms with Gasteiger partial charge in [0.25, 0.3) is 0 Å². The Kier molecular flexibility index (Phi) is 9.80.